The van der Waals surface area contributed by atoms with E-state index in [2.05, 4.69) is 0 Å². The average Bonchev–Trinajstić information content (AvgIpc) is 2.03. The van der Waals surface area contributed by atoms with E-state index in [1.54, 1.807) is 0 Å². The summed E-state index contributed by atoms with van der Waals surface area (Å²) in [5.41, 5.74) is -0.420. The molecule has 0 aliphatic rings. The first kappa shape index (κ1) is 13.5. The van der Waals surface area contributed by atoms with E-state index in [0.717, 1.165) is 24.3 Å². The van der Waals surface area contributed by atoms with E-state index in [1.807, 2.05) is 0 Å². The fraction of sp³-hybridized carbons (Fsp3) is 0. The van der Waals surface area contributed by atoms with Crippen molar-refractivity contribution in [2.24, 2.45) is 0 Å². The maximum absolute atomic E-state index is 10.4. The maximum Gasteiger partial charge on any atom is 0.270 e. The van der Waals surface area contributed by atoms with Crippen molar-refractivity contribution < 1.29 is 17.9 Å². The minimum atomic E-state index is -4.61. The van der Waals surface area contributed by atoms with Crippen molar-refractivity contribution in [3.8, 4) is 0 Å². The molecule has 0 saturated carbocycles. The molecule has 14 heavy (non-hydrogen) atoms. The van der Waals surface area contributed by atoms with Crippen molar-refractivity contribution >= 4 is 45.4 Å². The van der Waals surface area contributed by atoms with Gasteiger partial charge in [-0.05, 0) is 6.07 Å². The summed E-state index contributed by atoms with van der Waals surface area (Å²) in [6.07, 6.45) is 0. The van der Waals surface area contributed by atoms with E-state index in [1.165, 1.54) is 0 Å². The zero-order chi connectivity index (χ0) is 10.1. The molecule has 0 N–H and O–H groups in total. The molecule has 1 rings (SSSR count). The van der Waals surface area contributed by atoms with Crippen molar-refractivity contribution in [1.82, 2.24) is 0 Å². The van der Waals surface area contributed by atoms with Gasteiger partial charge >= 0.3 is 0 Å². The van der Waals surface area contributed by atoms with Crippen LogP contribution in [0.15, 0.2) is 29.2 Å². The van der Waals surface area contributed by atoms with Gasteiger partial charge in [-0.3, -0.25) is 10.1 Å². The zero-order valence-electron chi connectivity index (χ0n) is 7.21. The van der Waals surface area contributed by atoms with Crippen molar-refractivity contribution in [2.45, 2.75) is 4.90 Å². The van der Waals surface area contributed by atoms with Gasteiger partial charge in [-0.15, -0.1) is 0 Å². The predicted octanol–water partition coefficient (Wildman–Crippen LogP) is 0.118. The average molecular weight is 225 g/mol. The van der Waals surface area contributed by atoms with Crippen LogP contribution >= 0.6 is 0 Å². The van der Waals surface area contributed by atoms with Gasteiger partial charge in [0.05, 0.1) is 9.82 Å². The Morgan fingerprint density at radius 1 is 1.29 bits per heavy atom. The summed E-state index contributed by atoms with van der Waals surface area (Å²) in [4.78, 5) is 8.82. The van der Waals surface area contributed by atoms with Crippen LogP contribution in [0.1, 0.15) is 0 Å². The molecule has 1 aromatic carbocycles. The van der Waals surface area contributed by atoms with Gasteiger partial charge in [-0.2, -0.15) is 0 Å². The van der Waals surface area contributed by atoms with Gasteiger partial charge in [0.2, 0.25) is 0 Å². The van der Waals surface area contributed by atoms with E-state index in [9.17, 15) is 23.1 Å². The van der Waals surface area contributed by atoms with Gasteiger partial charge in [0.1, 0.15) is 10.1 Å². The Hall–Kier alpha value is -0.470. The Labute approximate surface area is 102 Å². The first-order valence-corrected chi connectivity index (χ1v) is 4.52. The zero-order valence-corrected chi connectivity index (χ0v) is 10.0. The summed E-state index contributed by atoms with van der Waals surface area (Å²) in [7, 11) is -4.61. The third kappa shape index (κ3) is 3.35. The molecule has 0 aliphatic carbocycles. The largest absolute Gasteiger partial charge is 0.744 e. The van der Waals surface area contributed by atoms with Crippen LogP contribution in [0.5, 0.6) is 0 Å². The van der Waals surface area contributed by atoms with E-state index in [4.69, 9.17) is 0 Å². The molecule has 0 bridgehead atoms. The number of nitrogens with zero attached hydrogens (tertiary/aromatic N) is 1. The van der Waals surface area contributed by atoms with E-state index >= 15 is 0 Å². The van der Waals surface area contributed by atoms with Gasteiger partial charge in [-0.1, -0.05) is 6.07 Å². The Bertz CT molecular complexity index is 443. The van der Waals surface area contributed by atoms with Gasteiger partial charge in [0.25, 0.3) is 5.69 Å². The SMILES string of the molecule is O=[N+]([O-])c1cccc(S(=O)(=O)[O-])c1.[Na]. The molecule has 6 nitrogen and oxygen atoms in total. The number of rotatable bonds is 2. The molecule has 0 saturated heterocycles. The summed E-state index contributed by atoms with van der Waals surface area (Å²) in [6, 6.07) is 3.98. The standard InChI is InChI=1S/C6H5NO5S.Na/c8-7(9)5-2-1-3-6(4-5)13(10,11)12;/h1-4H,(H,10,11,12);/p-1. The van der Waals surface area contributed by atoms with Gasteiger partial charge in [0.15, 0.2) is 0 Å². The van der Waals surface area contributed by atoms with Crippen LogP contribution in [-0.4, -0.2) is 47.5 Å². The normalized spacial score (nSPS) is 10.4. The second kappa shape index (κ2) is 4.85. The number of hydrogen-bond acceptors (Lipinski definition) is 5. The molecule has 0 amide bonds. The van der Waals surface area contributed by atoms with E-state index < -0.39 is 25.6 Å². The molecule has 1 aromatic rings. The maximum atomic E-state index is 10.4. The molecule has 0 aromatic heterocycles. The van der Waals surface area contributed by atoms with Crippen molar-refractivity contribution in [2.75, 3.05) is 0 Å². The van der Waals surface area contributed by atoms with Crippen LogP contribution in [0.4, 0.5) is 5.69 Å². The van der Waals surface area contributed by atoms with Crippen molar-refractivity contribution in [3.63, 3.8) is 0 Å². The van der Waals surface area contributed by atoms with Crippen molar-refractivity contribution in [1.29, 1.82) is 0 Å². The number of non-ortho nitro benzene ring substituents is 1. The first-order valence-electron chi connectivity index (χ1n) is 3.11. The number of nitro benzene ring substituents is 1. The van der Waals surface area contributed by atoms with Gasteiger partial charge < -0.3 is 4.55 Å². The predicted molar refractivity (Wildman–Crippen MR) is 46.8 cm³/mol. The molecule has 0 aliphatic heterocycles. The fourth-order valence-corrected chi connectivity index (χ4v) is 1.26. The summed E-state index contributed by atoms with van der Waals surface area (Å²) in [5, 5.41) is 10.2. The number of nitro groups is 1. The molecular formula is C6H4NNaO5S-. The second-order valence-corrected chi connectivity index (χ2v) is 3.59. The monoisotopic (exact) mass is 225 g/mol. The Balaban J connectivity index is 0.00000169. The van der Waals surface area contributed by atoms with E-state index in [-0.39, 0.29) is 29.6 Å². The van der Waals surface area contributed by atoms with Crippen LogP contribution < -0.4 is 0 Å². The van der Waals surface area contributed by atoms with Crippen LogP contribution in [0.25, 0.3) is 0 Å². The van der Waals surface area contributed by atoms with Crippen molar-refractivity contribution in [3.05, 3.63) is 34.4 Å². The fourth-order valence-electron chi connectivity index (χ4n) is 0.753. The van der Waals surface area contributed by atoms with Gasteiger partial charge in [0, 0.05) is 41.7 Å². The molecule has 0 heterocycles. The smallest absolute Gasteiger partial charge is 0.270 e. The Kier molecular flexibility index (Phi) is 4.69. The molecule has 0 fully saturated rings. The van der Waals surface area contributed by atoms with Crippen LogP contribution in [-0.2, 0) is 10.1 Å². The Morgan fingerprint density at radius 2 is 1.86 bits per heavy atom. The quantitative estimate of drug-likeness (QED) is 0.308. The van der Waals surface area contributed by atoms with E-state index in [0.29, 0.717) is 0 Å². The summed E-state index contributed by atoms with van der Waals surface area (Å²) in [5.74, 6) is 0. The number of hydrogen-bond donors (Lipinski definition) is 0. The summed E-state index contributed by atoms with van der Waals surface area (Å²) < 4.78 is 31.3. The molecule has 1 radical (unpaired) electrons. The van der Waals surface area contributed by atoms with Gasteiger partial charge in [-0.25, -0.2) is 8.42 Å². The third-order valence-electron chi connectivity index (χ3n) is 1.32. The minimum absolute atomic E-state index is 0. The molecule has 0 atom stereocenters. The molecular weight excluding hydrogens is 221 g/mol. The number of benzene rings is 1. The summed E-state index contributed by atoms with van der Waals surface area (Å²) >= 11 is 0. The van der Waals surface area contributed by atoms with Crippen LogP contribution in [0, 0.1) is 10.1 Å². The molecule has 0 unspecified atom stereocenters. The second-order valence-electron chi connectivity index (χ2n) is 2.21. The third-order valence-corrected chi connectivity index (χ3v) is 2.15. The minimum Gasteiger partial charge on any atom is -0.744 e. The Morgan fingerprint density at radius 3 is 2.29 bits per heavy atom. The van der Waals surface area contributed by atoms with Crippen LogP contribution in [0.3, 0.4) is 0 Å². The van der Waals surface area contributed by atoms with Crippen LogP contribution in [0.2, 0.25) is 0 Å². The summed E-state index contributed by atoms with van der Waals surface area (Å²) in [6.45, 7) is 0. The molecule has 71 valence electrons. The molecule has 8 heteroatoms. The first-order chi connectivity index (χ1) is 5.91. The molecule has 0 spiro atoms. The topological polar surface area (TPSA) is 100 Å².